The highest BCUT2D eigenvalue weighted by molar-refractivity contribution is 7.99. The number of benzene rings is 1. The number of unbranched alkanes of at least 4 members (excludes halogenated alkanes) is 1. The van der Waals surface area contributed by atoms with Gasteiger partial charge in [-0.15, -0.1) is 11.8 Å². The summed E-state index contributed by atoms with van der Waals surface area (Å²) in [4.78, 5) is 1.25. The number of hydrogen-bond acceptors (Lipinski definition) is 2. The third-order valence-corrected chi connectivity index (χ3v) is 3.41. The molecule has 0 bridgehead atoms. The van der Waals surface area contributed by atoms with Crippen molar-refractivity contribution in [2.24, 2.45) is 0 Å². The van der Waals surface area contributed by atoms with Gasteiger partial charge in [0.25, 0.3) is 0 Å². The first kappa shape index (κ1) is 11.1. The summed E-state index contributed by atoms with van der Waals surface area (Å²) >= 11 is 1.85. The Labute approximate surface area is 90.1 Å². The average Bonchev–Trinajstić information content (AvgIpc) is 2.21. The van der Waals surface area contributed by atoms with Crippen LogP contribution in [0.5, 0.6) is 0 Å². The molecule has 0 spiro atoms. The molecular formula is C12H15NS. The Morgan fingerprint density at radius 2 is 2.21 bits per heavy atom. The molecule has 0 radical (unpaired) electrons. The maximum absolute atomic E-state index is 8.86. The lowest BCUT2D eigenvalue weighted by Crippen LogP contribution is -1.87. The number of thioether (sulfide) groups is 1. The summed E-state index contributed by atoms with van der Waals surface area (Å²) in [6.45, 7) is 4.21. The lowest BCUT2D eigenvalue weighted by Gasteiger charge is -2.05. The Morgan fingerprint density at radius 3 is 2.86 bits per heavy atom. The molecule has 0 unspecified atom stereocenters. The molecule has 0 aliphatic heterocycles. The maximum Gasteiger partial charge on any atom is 0.0994 e. The van der Waals surface area contributed by atoms with Crippen molar-refractivity contribution in [3.63, 3.8) is 0 Å². The van der Waals surface area contributed by atoms with Gasteiger partial charge in [0.1, 0.15) is 0 Å². The lowest BCUT2D eigenvalue weighted by atomic mass is 10.1. The van der Waals surface area contributed by atoms with E-state index in [9.17, 15) is 0 Å². The van der Waals surface area contributed by atoms with Gasteiger partial charge in [0.2, 0.25) is 0 Å². The third kappa shape index (κ3) is 2.78. The first-order valence-corrected chi connectivity index (χ1v) is 5.90. The molecule has 1 aromatic carbocycles. The molecule has 14 heavy (non-hydrogen) atoms. The molecule has 0 aliphatic rings. The Hall–Kier alpha value is -0.940. The van der Waals surface area contributed by atoms with Crippen molar-refractivity contribution in [3.05, 3.63) is 29.3 Å². The molecule has 0 amide bonds. The van der Waals surface area contributed by atoms with Gasteiger partial charge in [-0.2, -0.15) is 5.26 Å². The van der Waals surface area contributed by atoms with Gasteiger partial charge in [-0.3, -0.25) is 0 Å². The van der Waals surface area contributed by atoms with Crippen LogP contribution in [0.1, 0.15) is 30.9 Å². The third-order valence-electron chi connectivity index (χ3n) is 2.16. The van der Waals surface area contributed by atoms with Gasteiger partial charge in [-0.1, -0.05) is 19.4 Å². The second-order valence-electron chi connectivity index (χ2n) is 3.24. The van der Waals surface area contributed by atoms with E-state index in [2.05, 4.69) is 19.1 Å². The molecule has 1 rings (SSSR count). The van der Waals surface area contributed by atoms with E-state index in [0.717, 1.165) is 16.9 Å². The average molecular weight is 205 g/mol. The van der Waals surface area contributed by atoms with Gasteiger partial charge >= 0.3 is 0 Å². The van der Waals surface area contributed by atoms with E-state index in [1.807, 2.05) is 30.8 Å². The lowest BCUT2D eigenvalue weighted by molar-refractivity contribution is 0.896. The van der Waals surface area contributed by atoms with Gasteiger partial charge in [-0.25, -0.2) is 0 Å². The highest BCUT2D eigenvalue weighted by atomic mass is 32.2. The maximum atomic E-state index is 8.86. The smallest absolute Gasteiger partial charge is 0.0994 e. The number of hydrogen-bond donors (Lipinski definition) is 0. The molecule has 0 saturated carbocycles. The summed E-state index contributed by atoms with van der Waals surface area (Å²) in [5.74, 6) is 1.15. The van der Waals surface area contributed by atoms with Crippen LogP contribution in [0.25, 0.3) is 0 Å². The Balaban J connectivity index is 2.73. The largest absolute Gasteiger partial charge is 0.192 e. The molecule has 0 atom stereocenters. The molecule has 0 N–H and O–H groups in total. The fourth-order valence-corrected chi connectivity index (χ4v) is 2.37. The zero-order valence-electron chi connectivity index (χ0n) is 8.71. The number of nitrogens with zero attached hydrogens (tertiary/aromatic N) is 1. The van der Waals surface area contributed by atoms with Gasteiger partial charge in [0.15, 0.2) is 0 Å². The van der Waals surface area contributed by atoms with E-state index in [0.29, 0.717) is 0 Å². The van der Waals surface area contributed by atoms with E-state index in [4.69, 9.17) is 5.26 Å². The first-order chi connectivity index (χ1) is 6.79. The number of rotatable bonds is 4. The molecule has 74 valence electrons. The predicted molar refractivity (Wildman–Crippen MR) is 61.5 cm³/mol. The Morgan fingerprint density at radius 1 is 1.43 bits per heavy atom. The van der Waals surface area contributed by atoms with Crippen molar-refractivity contribution in [2.45, 2.75) is 31.6 Å². The van der Waals surface area contributed by atoms with Crippen LogP contribution in [0.3, 0.4) is 0 Å². The summed E-state index contributed by atoms with van der Waals surface area (Å²) in [5.41, 5.74) is 1.92. The SMILES string of the molecule is CCCCSc1cccc(C#N)c1C. The summed E-state index contributed by atoms with van der Waals surface area (Å²) in [6, 6.07) is 8.14. The van der Waals surface area contributed by atoms with Crippen molar-refractivity contribution >= 4 is 11.8 Å². The van der Waals surface area contributed by atoms with E-state index < -0.39 is 0 Å². The molecule has 0 saturated heterocycles. The topological polar surface area (TPSA) is 23.8 Å². The second kappa shape index (κ2) is 5.72. The summed E-state index contributed by atoms with van der Waals surface area (Å²) in [7, 11) is 0. The standard InChI is InChI=1S/C12H15NS/c1-3-4-8-14-12-7-5-6-11(9-13)10(12)2/h5-7H,3-4,8H2,1-2H3. The van der Waals surface area contributed by atoms with Crippen LogP contribution < -0.4 is 0 Å². The fourth-order valence-electron chi connectivity index (χ4n) is 1.22. The second-order valence-corrected chi connectivity index (χ2v) is 4.38. The molecule has 0 aliphatic carbocycles. The molecular weight excluding hydrogens is 190 g/mol. The van der Waals surface area contributed by atoms with Gasteiger partial charge in [0.05, 0.1) is 11.6 Å². The van der Waals surface area contributed by atoms with Crippen molar-refractivity contribution in [2.75, 3.05) is 5.75 Å². The van der Waals surface area contributed by atoms with Crippen molar-refractivity contribution in [1.82, 2.24) is 0 Å². The van der Waals surface area contributed by atoms with E-state index in [1.165, 1.54) is 17.7 Å². The van der Waals surface area contributed by atoms with Crippen LogP contribution in [0, 0.1) is 18.3 Å². The highest BCUT2D eigenvalue weighted by Crippen LogP contribution is 2.25. The molecule has 1 nitrogen and oxygen atoms in total. The Bertz CT molecular complexity index is 339. The normalized spacial score (nSPS) is 9.79. The summed E-state index contributed by atoms with van der Waals surface area (Å²) in [6.07, 6.45) is 2.46. The zero-order valence-corrected chi connectivity index (χ0v) is 9.53. The molecule has 0 fully saturated rings. The minimum absolute atomic E-state index is 0.798. The van der Waals surface area contributed by atoms with Crippen LogP contribution in [0.2, 0.25) is 0 Å². The van der Waals surface area contributed by atoms with Crippen LogP contribution in [-0.2, 0) is 0 Å². The fraction of sp³-hybridized carbons (Fsp3) is 0.417. The molecule has 1 aromatic rings. The van der Waals surface area contributed by atoms with Crippen LogP contribution in [0.15, 0.2) is 23.1 Å². The molecule has 0 heterocycles. The van der Waals surface area contributed by atoms with Crippen LogP contribution in [0.4, 0.5) is 0 Å². The quantitative estimate of drug-likeness (QED) is 0.552. The number of nitriles is 1. The minimum atomic E-state index is 0.798. The van der Waals surface area contributed by atoms with Gasteiger partial charge in [-0.05, 0) is 36.8 Å². The van der Waals surface area contributed by atoms with Crippen molar-refractivity contribution in [3.8, 4) is 6.07 Å². The predicted octanol–water partition coefficient (Wildman–Crippen LogP) is 3.76. The van der Waals surface area contributed by atoms with Crippen LogP contribution >= 0.6 is 11.8 Å². The van der Waals surface area contributed by atoms with Crippen LogP contribution in [-0.4, -0.2) is 5.75 Å². The highest BCUT2D eigenvalue weighted by Gasteiger charge is 2.02. The molecule has 0 aromatic heterocycles. The minimum Gasteiger partial charge on any atom is -0.192 e. The summed E-state index contributed by atoms with van der Waals surface area (Å²) < 4.78 is 0. The van der Waals surface area contributed by atoms with Gasteiger partial charge in [0, 0.05) is 4.90 Å². The zero-order chi connectivity index (χ0) is 10.4. The first-order valence-electron chi connectivity index (χ1n) is 4.92. The van der Waals surface area contributed by atoms with E-state index in [1.54, 1.807) is 0 Å². The van der Waals surface area contributed by atoms with E-state index in [-0.39, 0.29) is 0 Å². The van der Waals surface area contributed by atoms with E-state index >= 15 is 0 Å². The monoisotopic (exact) mass is 205 g/mol. The summed E-state index contributed by atoms with van der Waals surface area (Å²) in [5, 5.41) is 8.86. The van der Waals surface area contributed by atoms with Crippen molar-refractivity contribution < 1.29 is 0 Å². The Kier molecular flexibility index (Phi) is 4.55. The van der Waals surface area contributed by atoms with Gasteiger partial charge < -0.3 is 0 Å². The molecule has 2 heteroatoms. The van der Waals surface area contributed by atoms with Crippen molar-refractivity contribution in [1.29, 1.82) is 5.26 Å².